The fraction of sp³-hybridized carbons (Fsp3) is 0. The number of nitrogen functional groups attached to an aromatic ring is 2. The monoisotopic (exact) mass is 604 g/mol. The number of hydrazine groups is 2. The van der Waals surface area contributed by atoms with Crippen molar-refractivity contribution in [2.45, 2.75) is 0 Å². The van der Waals surface area contributed by atoms with Crippen LogP contribution in [-0.4, -0.2) is 11.8 Å². The number of para-hydroxylation sites is 2. The van der Waals surface area contributed by atoms with Crippen molar-refractivity contribution in [3.8, 4) is 11.1 Å². The molecule has 0 aliphatic carbocycles. The zero-order chi connectivity index (χ0) is 31.9. The highest BCUT2D eigenvalue weighted by atomic mass is 16.2. The Morgan fingerprint density at radius 2 is 0.696 bits per heavy atom. The molecule has 0 radical (unpaired) electrons. The van der Waals surface area contributed by atoms with Crippen molar-refractivity contribution >= 4 is 45.9 Å². The maximum atomic E-state index is 13.1. The first-order chi connectivity index (χ1) is 22.4. The minimum atomic E-state index is -0.255. The van der Waals surface area contributed by atoms with E-state index < -0.39 is 0 Å². The molecule has 6 rings (SSSR count). The van der Waals surface area contributed by atoms with Gasteiger partial charge in [0.2, 0.25) is 0 Å². The molecule has 0 aliphatic heterocycles. The molecule has 0 unspecified atom stereocenters. The minimum Gasteiger partial charge on any atom is -0.399 e. The lowest BCUT2D eigenvalue weighted by molar-refractivity contribution is 0.0945. The third kappa shape index (κ3) is 6.82. The number of nitrogens with zero attached hydrogens (tertiary/aromatic N) is 2. The number of hydrogen-bond acceptors (Lipinski definition) is 6. The molecule has 226 valence electrons. The Bertz CT molecular complexity index is 1770. The van der Waals surface area contributed by atoms with Crippen LogP contribution in [0.4, 0.5) is 34.1 Å². The van der Waals surface area contributed by atoms with Gasteiger partial charge in [-0.3, -0.25) is 30.5 Å². The lowest BCUT2D eigenvalue weighted by atomic mass is 10.0. The van der Waals surface area contributed by atoms with Gasteiger partial charge in [-0.25, -0.2) is 0 Å². The lowest BCUT2D eigenvalue weighted by Crippen LogP contribution is -2.39. The molecule has 0 fully saturated rings. The molecule has 0 saturated heterocycles. The Morgan fingerprint density at radius 3 is 1.02 bits per heavy atom. The predicted molar refractivity (Wildman–Crippen MR) is 186 cm³/mol. The van der Waals surface area contributed by atoms with Gasteiger partial charge in [0, 0.05) is 22.5 Å². The second-order valence-corrected chi connectivity index (χ2v) is 10.6. The van der Waals surface area contributed by atoms with Gasteiger partial charge in [-0.1, -0.05) is 60.7 Å². The number of hydrogen-bond donors (Lipinski definition) is 4. The van der Waals surface area contributed by atoms with Gasteiger partial charge >= 0.3 is 0 Å². The highest BCUT2D eigenvalue weighted by Crippen LogP contribution is 2.30. The Hall–Kier alpha value is -6.54. The van der Waals surface area contributed by atoms with Crippen LogP contribution in [0.1, 0.15) is 20.7 Å². The molecule has 0 atom stereocenters. The van der Waals surface area contributed by atoms with Gasteiger partial charge in [-0.2, -0.15) is 0 Å². The Kier molecular flexibility index (Phi) is 8.60. The summed E-state index contributed by atoms with van der Waals surface area (Å²) in [6.45, 7) is 0. The number of nitrogens with one attached hydrogen (secondary N) is 2. The molecule has 6 N–H and O–H groups in total. The van der Waals surface area contributed by atoms with E-state index in [0.29, 0.717) is 22.5 Å². The van der Waals surface area contributed by atoms with E-state index in [1.807, 2.05) is 109 Å². The molecule has 8 nitrogen and oxygen atoms in total. The van der Waals surface area contributed by atoms with Gasteiger partial charge < -0.3 is 11.5 Å². The average Bonchev–Trinajstić information content (AvgIpc) is 3.11. The number of rotatable bonds is 9. The van der Waals surface area contributed by atoms with Gasteiger partial charge in [0.05, 0.1) is 22.7 Å². The first-order valence-electron chi connectivity index (χ1n) is 14.7. The number of amides is 2. The molecule has 0 saturated carbocycles. The first-order valence-corrected chi connectivity index (χ1v) is 14.7. The number of carbonyl (C=O) groups is 2. The van der Waals surface area contributed by atoms with E-state index in [4.69, 9.17) is 11.5 Å². The molecule has 0 aliphatic rings. The topological polar surface area (TPSA) is 117 Å². The Labute approximate surface area is 267 Å². The van der Waals surface area contributed by atoms with Crippen LogP contribution < -0.4 is 32.3 Å². The minimum absolute atomic E-state index is 0.255. The molecule has 0 spiro atoms. The predicted octanol–water partition coefficient (Wildman–Crippen LogP) is 7.48. The van der Waals surface area contributed by atoms with Gasteiger partial charge in [0.15, 0.2) is 0 Å². The van der Waals surface area contributed by atoms with E-state index in [-0.39, 0.29) is 11.8 Å². The SMILES string of the molecule is Nc1ccc(C(=O)NN(c2ccccc2)c2ccc(-c3ccc(N(NC(=O)c4ccc(N)cc4)c4ccccc4)cc3)cc2)cc1. The quantitative estimate of drug-likeness (QED) is 0.100. The third-order valence-electron chi connectivity index (χ3n) is 7.39. The number of anilines is 6. The van der Waals surface area contributed by atoms with Crippen molar-refractivity contribution < 1.29 is 9.59 Å². The molecule has 6 aromatic rings. The van der Waals surface area contributed by atoms with Gasteiger partial charge in [0.1, 0.15) is 0 Å². The van der Waals surface area contributed by atoms with Crippen LogP contribution in [0.25, 0.3) is 11.1 Å². The van der Waals surface area contributed by atoms with Gasteiger partial charge in [0.25, 0.3) is 11.8 Å². The van der Waals surface area contributed by atoms with Gasteiger partial charge in [-0.15, -0.1) is 0 Å². The van der Waals surface area contributed by atoms with Crippen molar-refractivity contribution in [3.05, 3.63) is 169 Å². The molecular weight excluding hydrogens is 572 g/mol. The zero-order valence-electron chi connectivity index (χ0n) is 24.9. The summed E-state index contributed by atoms with van der Waals surface area (Å²) >= 11 is 0. The summed E-state index contributed by atoms with van der Waals surface area (Å²) in [4.78, 5) is 26.2. The highest BCUT2D eigenvalue weighted by Gasteiger charge is 2.16. The van der Waals surface area contributed by atoms with Crippen LogP contribution >= 0.6 is 0 Å². The van der Waals surface area contributed by atoms with Crippen molar-refractivity contribution in [1.29, 1.82) is 0 Å². The molecule has 8 heteroatoms. The summed E-state index contributed by atoms with van der Waals surface area (Å²) < 4.78 is 0. The van der Waals surface area contributed by atoms with Crippen LogP contribution in [-0.2, 0) is 0 Å². The normalized spacial score (nSPS) is 10.5. The zero-order valence-corrected chi connectivity index (χ0v) is 24.9. The fourth-order valence-electron chi connectivity index (χ4n) is 4.92. The van der Waals surface area contributed by atoms with E-state index in [2.05, 4.69) is 10.9 Å². The summed E-state index contributed by atoms with van der Waals surface area (Å²) in [6, 6.07) is 48.7. The smallest absolute Gasteiger partial charge is 0.270 e. The maximum Gasteiger partial charge on any atom is 0.270 e. The summed E-state index contributed by atoms with van der Waals surface area (Å²) in [5.74, 6) is -0.509. The first kappa shape index (κ1) is 29.5. The molecule has 2 amide bonds. The number of carbonyl (C=O) groups excluding carboxylic acids is 2. The summed E-state index contributed by atoms with van der Waals surface area (Å²) in [5.41, 5.74) is 25.0. The van der Waals surface area contributed by atoms with Crippen molar-refractivity contribution in [3.63, 3.8) is 0 Å². The van der Waals surface area contributed by atoms with E-state index in [1.54, 1.807) is 58.5 Å². The second kappa shape index (κ2) is 13.4. The maximum absolute atomic E-state index is 13.1. The number of benzene rings is 6. The van der Waals surface area contributed by atoms with Crippen molar-refractivity contribution in [1.82, 2.24) is 10.9 Å². The number of nitrogens with two attached hydrogens (primary N) is 2. The molecule has 46 heavy (non-hydrogen) atoms. The van der Waals surface area contributed by atoms with E-state index >= 15 is 0 Å². The van der Waals surface area contributed by atoms with Crippen LogP contribution in [0.3, 0.4) is 0 Å². The van der Waals surface area contributed by atoms with Crippen LogP contribution in [0.5, 0.6) is 0 Å². The molecule has 6 aromatic carbocycles. The van der Waals surface area contributed by atoms with Crippen LogP contribution in [0.2, 0.25) is 0 Å². The second-order valence-electron chi connectivity index (χ2n) is 10.6. The van der Waals surface area contributed by atoms with Crippen LogP contribution in [0, 0.1) is 0 Å². The fourth-order valence-corrected chi connectivity index (χ4v) is 4.92. The van der Waals surface area contributed by atoms with Crippen LogP contribution in [0.15, 0.2) is 158 Å². The van der Waals surface area contributed by atoms with E-state index in [9.17, 15) is 9.59 Å². The highest BCUT2D eigenvalue weighted by molar-refractivity contribution is 5.97. The lowest BCUT2D eigenvalue weighted by Gasteiger charge is -2.26. The van der Waals surface area contributed by atoms with E-state index in [0.717, 1.165) is 33.9 Å². The van der Waals surface area contributed by atoms with Crippen molar-refractivity contribution in [2.75, 3.05) is 21.5 Å². The van der Waals surface area contributed by atoms with E-state index in [1.165, 1.54) is 0 Å². The molecule has 0 bridgehead atoms. The summed E-state index contributed by atoms with van der Waals surface area (Å²) in [5, 5.41) is 3.51. The molecule has 0 aromatic heterocycles. The summed E-state index contributed by atoms with van der Waals surface area (Å²) in [7, 11) is 0. The average molecular weight is 605 g/mol. The van der Waals surface area contributed by atoms with Crippen molar-refractivity contribution in [2.24, 2.45) is 0 Å². The Balaban J connectivity index is 1.23. The molecular formula is C38H32N6O2. The van der Waals surface area contributed by atoms with Gasteiger partial charge in [-0.05, 0) is 108 Å². The third-order valence-corrected chi connectivity index (χ3v) is 7.39. The summed E-state index contributed by atoms with van der Waals surface area (Å²) in [6.07, 6.45) is 0. The standard InChI is InChI=1S/C38H32N6O2/c39-31-19-11-29(12-20-31)37(45)41-43(33-7-3-1-4-8-33)35-23-15-27(16-24-35)28-17-25-36(26-18-28)44(34-9-5-2-6-10-34)42-38(46)30-13-21-32(40)22-14-30/h1-26H,39-40H2,(H,41,45)(H,42,46). The largest absolute Gasteiger partial charge is 0.399 e. The Morgan fingerprint density at radius 1 is 0.391 bits per heavy atom. The molecule has 0 heterocycles.